The molecule has 9 heteroatoms. The van der Waals surface area contributed by atoms with Crippen molar-refractivity contribution in [2.45, 2.75) is 52.2 Å². The molecule has 1 aliphatic heterocycles. The van der Waals surface area contributed by atoms with E-state index < -0.39 is 5.25 Å². The third-order valence-corrected chi connectivity index (χ3v) is 4.85. The van der Waals surface area contributed by atoms with E-state index in [9.17, 15) is 14.4 Å². The van der Waals surface area contributed by atoms with Gasteiger partial charge in [-0.15, -0.1) is 0 Å². The number of imide groups is 1. The highest BCUT2D eigenvalue weighted by Crippen LogP contribution is 2.17. The van der Waals surface area contributed by atoms with Crippen LogP contribution in [0.5, 0.6) is 0 Å². The number of ketones is 1. The van der Waals surface area contributed by atoms with E-state index in [1.54, 1.807) is 0 Å². The molecule has 0 aromatic rings. The van der Waals surface area contributed by atoms with Crippen molar-refractivity contribution in [3.63, 3.8) is 0 Å². The smallest absolute Gasteiger partial charge is 0.242 e. The van der Waals surface area contributed by atoms with Gasteiger partial charge in [-0.05, 0) is 6.42 Å². The Hall–Kier alpha value is -1.00. The minimum atomic E-state index is -0.520. The minimum Gasteiger partial charge on any atom is -0.379 e. The summed E-state index contributed by atoms with van der Waals surface area (Å²) >= 11 is 4.06. The van der Waals surface area contributed by atoms with Crippen LogP contribution in [0.4, 0.5) is 0 Å². The quantitative estimate of drug-likeness (QED) is 0.207. The Morgan fingerprint density at radius 1 is 0.967 bits per heavy atom. The largest absolute Gasteiger partial charge is 0.379 e. The average Bonchev–Trinajstić information content (AvgIpc) is 3.00. The molecule has 0 aromatic carbocycles. The number of likely N-dealkylation sites (tertiary alicyclic amines) is 1. The lowest BCUT2D eigenvalue weighted by Crippen LogP contribution is -2.34. The predicted octanol–water partition coefficient (Wildman–Crippen LogP) is 2.14. The fraction of sp³-hybridized carbons (Fsp3) is 0.857. The van der Waals surface area contributed by atoms with Crippen LogP contribution in [0.1, 0.15) is 47.0 Å². The van der Waals surface area contributed by atoms with Gasteiger partial charge in [0.25, 0.3) is 0 Å². The normalized spacial score (nSPS) is 17.1. The third-order valence-electron chi connectivity index (χ3n) is 4.45. The van der Waals surface area contributed by atoms with Gasteiger partial charge in [-0.2, -0.15) is 12.6 Å². The molecule has 2 unspecified atom stereocenters. The number of hydrogen-bond donors (Lipinski definition) is 1. The number of Topliss-reactive ketones (excluding diaryl/α,β-unsaturated/α-hetero) is 1. The van der Waals surface area contributed by atoms with Crippen LogP contribution in [-0.2, 0) is 33.3 Å². The second-order valence-corrected chi connectivity index (χ2v) is 7.20. The summed E-state index contributed by atoms with van der Waals surface area (Å²) in [5.74, 6) is -0.111. The number of amides is 2. The van der Waals surface area contributed by atoms with Crippen LogP contribution in [0.2, 0.25) is 0 Å². The molecule has 2 atom stereocenters. The van der Waals surface area contributed by atoms with Crippen LogP contribution in [-0.4, -0.2) is 87.1 Å². The molecule has 1 aliphatic rings. The fourth-order valence-corrected chi connectivity index (χ4v) is 2.76. The van der Waals surface area contributed by atoms with Crippen molar-refractivity contribution in [2.75, 3.05) is 59.4 Å². The molecule has 1 saturated heterocycles. The van der Waals surface area contributed by atoms with E-state index in [2.05, 4.69) is 12.6 Å². The second kappa shape index (κ2) is 18.7. The number of ether oxygens (including phenoxy) is 4. The maximum atomic E-state index is 11.6. The number of carbonyl (C=O) groups is 3. The first-order valence-corrected chi connectivity index (χ1v) is 11.3. The van der Waals surface area contributed by atoms with Crippen molar-refractivity contribution >= 4 is 30.2 Å². The minimum absolute atomic E-state index is 0.103. The zero-order valence-corrected chi connectivity index (χ0v) is 19.8. The van der Waals surface area contributed by atoms with Gasteiger partial charge < -0.3 is 18.9 Å². The summed E-state index contributed by atoms with van der Waals surface area (Å²) in [5.41, 5.74) is 0. The summed E-state index contributed by atoms with van der Waals surface area (Å²) in [5, 5.41) is -0.520. The van der Waals surface area contributed by atoms with Gasteiger partial charge in [0.15, 0.2) is 0 Å². The lowest BCUT2D eigenvalue weighted by Gasteiger charge is -2.14. The van der Waals surface area contributed by atoms with Crippen molar-refractivity contribution in [3.8, 4) is 0 Å². The molecule has 0 N–H and O–H groups in total. The van der Waals surface area contributed by atoms with Crippen molar-refractivity contribution in [2.24, 2.45) is 5.92 Å². The topological polar surface area (TPSA) is 91.4 Å². The van der Waals surface area contributed by atoms with Crippen molar-refractivity contribution in [1.82, 2.24) is 4.90 Å². The van der Waals surface area contributed by atoms with Gasteiger partial charge in [-0.1, -0.05) is 27.7 Å². The van der Waals surface area contributed by atoms with Crippen LogP contribution in [0.3, 0.4) is 0 Å². The highest BCUT2D eigenvalue weighted by atomic mass is 32.1. The molecule has 0 spiro atoms. The molecular formula is C21H39NO7S. The molecule has 0 bridgehead atoms. The van der Waals surface area contributed by atoms with E-state index in [1.165, 1.54) is 4.90 Å². The van der Waals surface area contributed by atoms with E-state index in [-0.39, 0.29) is 43.1 Å². The summed E-state index contributed by atoms with van der Waals surface area (Å²) < 4.78 is 21.5. The first-order valence-electron chi connectivity index (χ1n) is 10.8. The third kappa shape index (κ3) is 12.6. The Morgan fingerprint density at radius 3 is 1.87 bits per heavy atom. The summed E-state index contributed by atoms with van der Waals surface area (Å²) in [7, 11) is 0. The fourth-order valence-electron chi connectivity index (χ4n) is 2.47. The standard InChI is InChI=1S/C19H33NO7S.C2H6/c1-3-15(2)16(21)4-6-24-8-10-26-12-13-27-11-9-25-7-5-20-18(22)14-17(28)19(20)23;1-2/h15,17,28H,3-14H2,1-2H3;1-2H3. The summed E-state index contributed by atoms with van der Waals surface area (Å²) in [6.45, 7) is 11.5. The lowest BCUT2D eigenvalue weighted by molar-refractivity contribution is -0.139. The molecule has 1 rings (SSSR count). The molecule has 0 radical (unpaired) electrons. The first kappa shape index (κ1) is 29.0. The SMILES string of the molecule is CC.CCC(C)C(=O)CCOCCOCCOCCOCCN1C(=O)CC(S)C1=O. The van der Waals surface area contributed by atoms with E-state index in [0.717, 1.165) is 6.42 Å². The molecule has 8 nitrogen and oxygen atoms in total. The van der Waals surface area contributed by atoms with Gasteiger partial charge in [0.2, 0.25) is 11.8 Å². The van der Waals surface area contributed by atoms with E-state index >= 15 is 0 Å². The summed E-state index contributed by atoms with van der Waals surface area (Å²) in [6.07, 6.45) is 1.47. The number of thiol groups is 1. The van der Waals surface area contributed by atoms with Gasteiger partial charge in [0.1, 0.15) is 5.78 Å². The van der Waals surface area contributed by atoms with Gasteiger partial charge >= 0.3 is 0 Å². The van der Waals surface area contributed by atoms with E-state index in [1.807, 2.05) is 27.7 Å². The monoisotopic (exact) mass is 449 g/mol. The molecule has 2 amide bonds. The van der Waals surface area contributed by atoms with Crippen LogP contribution in [0, 0.1) is 5.92 Å². The average molecular weight is 450 g/mol. The molecule has 1 heterocycles. The Balaban J connectivity index is 0.00000407. The maximum absolute atomic E-state index is 11.6. The Bertz CT molecular complexity index is 490. The molecule has 0 aliphatic carbocycles. The van der Waals surface area contributed by atoms with Gasteiger partial charge in [0, 0.05) is 18.8 Å². The van der Waals surface area contributed by atoms with Gasteiger partial charge in [-0.3, -0.25) is 19.3 Å². The highest BCUT2D eigenvalue weighted by Gasteiger charge is 2.35. The summed E-state index contributed by atoms with van der Waals surface area (Å²) in [6, 6.07) is 0. The Kier molecular flexibility index (Phi) is 18.1. The van der Waals surface area contributed by atoms with Gasteiger partial charge in [0.05, 0.1) is 64.6 Å². The molecule has 0 saturated carbocycles. The van der Waals surface area contributed by atoms with Gasteiger partial charge in [-0.25, -0.2) is 0 Å². The van der Waals surface area contributed by atoms with E-state index in [0.29, 0.717) is 52.7 Å². The van der Waals surface area contributed by atoms with Crippen LogP contribution >= 0.6 is 12.6 Å². The zero-order chi connectivity index (χ0) is 22.8. The molecule has 1 fully saturated rings. The van der Waals surface area contributed by atoms with Crippen molar-refractivity contribution in [3.05, 3.63) is 0 Å². The molecule has 30 heavy (non-hydrogen) atoms. The first-order chi connectivity index (χ1) is 14.5. The van der Waals surface area contributed by atoms with Crippen LogP contribution in [0.15, 0.2) is 0 Å². The lowest BCUT2D eigenvalue weighted by atomic mass is 10.0. The number of rotatable bonds is 17. The summed E-state index contributed by atoms with van der Waals surface area (Å²) in [4.78, 5) is 36.0. The Morgan fingerprint density at radius 2 is 1.43 bits per heavy atom. The van der Waals surface area contributed by atoms with Crippen molar-refractivity contribution in [1.29, 1.82) is 0 Å². The Labute approximate surface area is 186 Å². The van der Waals surface area contributed by atoms with E-state index in [4.69, 9.17) is 18.9 Å². The number of hydrogen-bond acceptors (Lipinski definition) is 8. The van der Waals surface area contributed by atoms with Crippen LogP contribution < -0.4 is 0 Å². The molecule has 176 valence electrons. The van der Waals surface area contributed by atoms with Crippen LogP contribution in [0.25, 0.3) is 0 Å². The maximum Gasteiger partial charge on any atom is 0.242 e. The van der Waals surface area contributed by atoms with Crippen molar-refractivity contribution < 1.29 is 33.3 Å². The predicted molar refractivity (Wildman–Crippen MR) is 118 cm³/mol. The number of nitrogens with zero attached hydrogens (tertiary/aromatic N) is 1. The number of carbonyl (C=O) groups excluding carboxylic acids is 3. The molecule has 0 aromatic heterocycles. The second-order valence-electron chi connectivity index (χ2n) is 6.58. The highest BCUT2D eigenvalue weighted by molar-refractivity contribution is 7.81. The zero-order valence-electron chi connectivity index (χ0n) is 18.9. The molecular weight excluding hydrogens is 410 g/mol.